The molecule has 0 spiro atoms. The molecule has 0 radical (unpaired) electrons. The number of benzene rings is 2. The predicted molar refractivity (Wildman–Crippen MR) is 96.5 cm³/mol. The molecule has 1 N–H and O–H groups in total. The van der Waals surface area contributed by atoms with E-state index in [4.69, 9.17) is 27.9 Å². The maximum atomic E-state index is 11.9. The molecule has 0 heterocycles. The Hall–Kier alpha value is -2.30. The van der Waals surface area contributed by atoms with Crippen LogP contribution in [0.4, 0.5) is 5.69 Å². The van der Waals surface area contributed by atoms with Gasteiger partial charge in [-0.2, -0.15) is 0 Å². The van der Waals surface area contributed by atoms with Crippen molar-refractivity contribution in [1.82, 2.24) is 0 Å². The lowest BCUT2D eigenvalue weighted by Crippen LogP contribution is -2.08. The van der Waals surface area contributed by atoms with Crippen molar-refractivity contribution in [3.05, 3.63) is 69.7 Å². The molecule has 0 atom stereocenters. The second-order valence-corrected chi connectivity index (χ2v) is 5.63. The van der Waals surface area contributed by atoms with E-state index in [0.29, 0.717) is 33.5 Å². The third-order valence-electron chi connectivity index (χ3n) is 3.04. The molecule has 0 bridgehead atoms. The van der Waals surface area contributed by atoms with E-state index in [1.54, 1.807) is 55.5 Å². The maximum Gasteiger partial charge on any atom is 0.338 e. The number of halogens is 2. The molecular formula is C18H15Cl2NO3. The van der Waals surface area contributed by atoms with Crippen LogP contribution in [0.3, 0.4) is 0 Å². The highest BCUT2D eigenvalue weighted by molar-refractivity contribution is 6.35. The van der Waals surface area contributed by atoms with E-state index in [9.17, 15) is 9.59 Å². The summed E-state index contributed by atoms with van der Waals surface area (Å²) >= 11 is 11.9. The van der Waals surface area contributed by atoms with Crippen LogP contribution in [0.25, 0.3) is 6.08 Å². The number of esters is 1. The molecule has 2 rings (SSSR count). The fourth-order valence-electron chi connectivity index (χ4n) is 1.89. The molecule has 2 aromatic rings. The lowest BCUT2D eigenvalue weighted by atomic mass is 10.2. The third kappa shape index (κ3) is 5.11. The van der Waals surface area contributed by atoms with Crippen molar-refractivity contribution in [1.29, 1.82) is 0 Å². The Kier molecular flexibility index (Phi) is 6.41. The Bertz CT molecular complexity index is 770. The molecule has 0 saturated carbocycles. The van der Waals surface area contributed by atoms with Gasteiger partial charge in [0.05, 0.1) is 12.2 Å². The largest absolute Gasteiger partial charge is 0.462 e. The second kappa shape index (κ2) is 8.52. The summed E-state index contributed by atoms with van der Waals surface area (Å²) in [7, 11) is 0. The van der Waals surface area contributed by atoms with Crippen molar-refractivity contribution in [2.75, 3.05) is 11.9 Å². The summed E-state index contributed by atoms with van der Waals surface area (Å²) in [5.41, 5.74) is 1.69. The van der Waals surface area contributed by atoms with Crippen LogP contribution < -0.4 is 5.32 Å². The van der Waals surface area contributed by atoms with E-state index in [2.05, 4.69) is 5.32 Å². The fourth-order valence-corrected chi connectivity index (χ4v) is 2.36. The SMILES string of the molecule is CCOC(=O)c1ccc(NC(=O)C=Cc2ccc(Cl)cc2Cl)cc1. The Morgan fingerprint density at radius 3 is 2.46 bits per heavy atom. The molecule has 0 fully saturated rings. The number of carbonyl (C=O) groups excluding carboxylic acids is 2. The van der Waals surface area contributed by atoms with Crippen LogP contribution in [-0.2, 0) is 9.53 Å². The Labute approximate surface area is 150 Å². The zero-order valence-corrected chi connectivity index (χ0v) is 14.4. The van der Waals surface area contributed by atoms with E-state index in [1.165, 1.54) is 6.08 Å². The van der Waals surface area contributed by atoms with Crippen LogP contribution in [0.2, 0.25) is 10.0 Å². The monoisotopic (exact) mass is 363 g/mol. The van der Waals surface area contributed by atoms with Crippen molar-refractivity contribution in [2.24, 2.45) is 0 Å². The third-order valence-corrected chi connectivity index (χ3v) is 3.60. The van der Waals surface area contributed by atoms with Gasteiger partial charge in [-0.3, -0.25) is 4.79 Å². The van der Waals surface area contributed by atoms with Crippen LogP contribution in [0.15, 0.2) is 48.5 Å². The number of rotatable bonds is 5. The van der Waals surface area contributed by atoms with Crippen LogP contribution >= 0.6 is 23.2 Å². The van der Waals surface area contributed by atoms with Crippen molar-refractivity contribution >= 4 is 46.8 Å². The number of hydrogen-bond acceptors (Lipinski definition) is 3. The Morgan fingerprint density at radius 1 is 1.12 bits per heavy atom. The quantitative estimate of drug-likeness (QED) is 0.611. The number of carbonyl (C=O) groups is 2. The molecule has 0 saturated heterocycles. The van der Waals surface area contributed by atoms with Gasteiger partial charge in [0.1, 0.15) is 0 Å². The van der Waals surface area contributed by atoms with E-state index in [-0.39, 0.29) is 5.91 Å². The number of amides is 1. The summed E-state index contributed by atoms with van der Waals surface area (Å²) in [6.07, 6.45) is 2.97. The number of hydrogen-bond donors (Lipinski definition) is 1. The van der Waals surface area contributed by atoms with Crippen LogP contribution in [0, 0.1) is 0 Å². The van der Waals surface area contributed by atoms with Gasteiger partial charge in [-0.15, -0.1) is 0 Å². The normalized spacial score (nSPS) is 10.6. The van der Waals surface area contributed by atoms with Gasteiger partial charge in [0.25, 0.3) is 0 Å². The first-order valence-corrected chi connectivity index (χ1v) is 7.96. The van der Waals surface area contributed by atoms with E-state index in [1.807, 2.05) is 0 Å². The molecule has 4 nitrogen and oxygen atoms in total. The zero-order chi connectivity index (χ0) is 17.5. The van der Waals surface area contributed by atoms with Gasteiger partial charge in [-0.05, 0) is 55.0 Å². The Morgan fingerprint density at radius 2 is 1.83 bits per heavy atom. The molecule has 0 aromatic heterocycles. The minimum atomic E-state index is -0.396. The average Bonchev–Trinajstić information content (AvgIpc) is 2.55. The Balaban J connectivity index is 1.99. The van der Waals surface area contributed by atoms with Crippen molar-refractivity contribution in [2.45, 2.75) is 6.92 Å². The van der Waals surface area contributed by atoms with Crippen LogP contribution in [-0.4, -0.2) is 18.5 Å². The van der Waals surface area contributed by atoms with Gasteiger partial charge in [0, 0.05) is 21.8 Å². The highest BCUT2D eigenvalue weighted by Crippen LogP contribution is 2.22. The molecule has 0 aliphatic heterocycles. The zero-order valence-electron chi connectivity index (χ0n) is 12.9. The molecule has 124 valence electrons. The molecule has 2 aromatic carbocycles. The van der Waals surface area contributed by atoms with Crippen LogP contribution in [0.1, 0.15) is 22.8 Å². The van der Waals surface area contributed by atoms with Gasteiger partial charge in [0.2, 0.25) is 5.91 Å². The summed E-state index contributed by atoms with van der Waals surface area (Å²) in [5, 5.41) is 3.69. The topological polar surface area (TPSA) is 55.4 Å². The maximum absolute atomic E-state index is 11.9. The number of nitrogens with one attached hydrogen (secondary N) is 1. The molecule has 1 amide bonds. The van der Waals surface area contributed by atoms with Gasteiger partial charge in [-0.1, -0.05) is 29.3 Å². The van der Waals surface area contributed by atoms with Crippen LogP contribution in [0.5, 0.6) is 0 Å². The van der Waals surface area contributed by atoms with Gasteiger partial charge >= 0.3 is 5.97 Å². The fraction of sp³-hybridized carbons (Fsp3) is 0.111. The lowest BCUT2D eigenvalue weighted by molar-refractivity contribution is -0.111. The van der Waals surface area contributed by atoms with E-state index in [0.717, 1.165) is 0 Å². The van der Waals surface area contributed by atoms with Gasteiger partial charge in [0.15, 0.2) is 0 Å². The summed E-state index contributed by atoms with van der Waals surface area (Å²) in [6.45, 7) is 2.06. The highest BCUT2D eigenvalue weighted by Gasteiger charge is 2.06. The molecule has 0 unspecified atom stereocenters. The summed E-state index contributed by atoms with van der Waals surface area (Å²) in [6, 6.07) is 11.5. The smallest absolute Gasteiger partial charge is 0.338 e. The minimum absolute atomic E-state index is 0.315. The van der Waals surface area contributed by atoms with Gasteiger partial charge in [-0.25, -0.2) is 4.79 Å². The van der Waals surface area contributed by atoms with E-state index < -0.39 is 5.97 Å². The van der Waals surface area contributed by atoms with E-state index >= 15 is 0 Å². The van der Waals surface area contributed by atoms with Crippen molar-refractivity contribution in [3.63, 3.8) is 0 Å². The first kappa shape index (κ1) is 18.0. The standard InChI is InChI=1S/C18H15Cl2NO3/c1-2-24-18(23)13-4-8-15(9-5-13)21-17(22)10-6-12-3-7-14(19)11-16(12)20/h3-11H,2H2,1H3,(H,21,22). The lowest BCUT2D eigenvalue weighted by Gasteiger charge is -2.05. The molecule has 0 aliphatic rings. The minimum Gasteiger partial charge on any atom is -0.462 e. The summed E-state index contributed by atoms with van der Waals surface area (Å²) in [5.74, 6) is -0.711. The second-order valence-electron chi connectivity index (χ2n) is 4.79. The highest BCUT2D eigenvalue weighted by atomic mass is 35.5. The number of ether oxygens (including phenoxy) is 1. The molecular weight excluding hydrogens is 349 g/mol. The average molecular weight is 364 g/mol. The molecule has 6 heteroatoms. The summed E-state index contributed by atoms with van der Waals surface area (Å²) in [4.78, 5) is 23.5. The molecule has 0 aliphatic carbocycles. The van der Waals surface area contributed by atoms with Crippen molar-refractivity contribution in [3.8, 4) is 0 Å². The molecule has 24 heavy (non-hydrogen) atoms. The summed E-state index contributed by atoms with van der Waals surface area (Å²) < 4.78 is 4.90. The first-order chi connectivity index (χ1) is 11.5. The first-order valence-electron chi connectivity index (χ1n) is 7.21. The van der Waals surface area contributed by atoms with Gasteiger partial charge < -0.3 is 10.1 Å². The van der Waals surface area contributed by atoms with Crippen molar-refractivity contribution < 1.29 is 14.3 Å². The predicted octanol–water partition coefficient (Wildman–Crippen LogP) is 4.82. The number of anilines is 1.